The van der Waals surface area contributed by atoms with Gasteiger partial charge in [-0.25, -0.2) is 4.79 Å². The third-order valence-electron chi connectivity index (χ3n) is 6.47. The second-order valence-corrected chi connectivity index (χ2v) is 9.21. The molecule has 1 heterocycles. The van der Waals surface area contributed by atoms with Crippen molar-refractivity contribution in [1.82, 2.24) is 0 Å². The van der Waals surface area contributed by atoms with Crippen LogP contribution in [0.4, 0.5) is 5.69 Å². The van der Waals surface area contributed by atoms with Gasteiger partial charge in [0.15, 0.2) is 0 Å². The smallest absolute Gasteiger partial charge is 0.343 e. The number of aryl methyl sites for hydroxylation is 1. The van der Waals surface area contributed by atoms with Crippen LogP contribution in [0.3, 0.4) is 0 Å². The topological polar surface area (TPSA) is 50.5 Å². The van der Waals surface area contributed by atoms with Crippen molar-refractivity contribution in [1.29, 1.82) is 0 Å². The molecule has 0 fully saturated rings. The Bertz CT molecular complexity index is 1470. The van der Waals surface area contributed by atoms with Gasteiger partial charge in [-0.05, 0) is 60.2 Å². The van der Waals surface area contributed by atoms with Gasteiger partial charge in [0.25, 0.3) is 0 Å². The minimum atomic E-state index is -0.323. The first kappa shape index (κ1) is 25.9. The summed E-state index contributed by atoms with van der Waals surface area (Å²) in [5.41, 5.74) is 6.65. The lowest BCUT2D eigenvalue weighted by atomic mass is 10.0. The van der Waals surface area contributed by atoms with E-state index >= 15 is 0 Å². The lowest BCUT2D eigenvalue weighted by molar-refractivity contribution is 0.112. The van der Waals surface area contributed by atoms with Crippen LogP contribution in [-0.4, -0.2) is 19.4 Å². The predicted octanol–water partition coefficient (Wildman–Crippen LogP) is 7.88. The van der Waals surface area contributed by atoms with Crippen LogP contribution in [0.5, 0.6) is 0 Å². The van der Waals surface area contributed by atoms with Crippen LogP contribution in [0.2, 0.25) is 0 Å². The monoisotopic (exact) mass is 491 g/mol. The molecule has 188 valence electrons. The van der Waals surface area contributed by atoms with Crippen LogP contribution >= 0.6 is 0 Å². The van der Waals surface area contributed by atoms with Crippen LogP contribution in [-0.2, 0) is 0 Å². The van der Waals surface area contributed by atoms with Crippen molar-refractivity contribution in [3.63, 3.8) is 0 Å². The molecular formula is C33H33NO3. The zero-order chi connectivity index (χ0) is 26.2. The number of nitrogens with zero attached hydrogens (tertiary/aromatic N) is 1. The number of anilines is 1. The molecule has 0 atom stereocenters. The van der Waals surface area contributed by atoms with Crippen molar-refractivity contribution in [3.05, 3.63) is 111 Å². The first-order valence-electron chi connectivity index (χ1n) is 12.9. The van der Waals surface area contributed by atoms with Gasteiger partial charge in [0, 0.05) is 35.8 Å². The van der Waals surface area contributed by atoms with E-state index in [2.05, 4.69) is 30.9 Å². The average molecular weight is 492 g/mol. The van der Waals surface area contributed by atoms with Gasteiger partial charge in [0.05, 0.1) is 5.56 Å². The minimum absolute atomic E-state index is 0.323. The van der Waals surface area contributed by atoms with Crippen molar-refractivity contribution >= 4 is 47.2 Å². The molecule has 37 heavy (non-hydrogen) atoms. The highest BCUT2D eigenvalue weighted by molar-refractivity contribution is 5.87. The number of fused-ring (bicyclic) bond motifs is 1. The molecule has 4 aromatic rings. The molecule has 0 radical (unpaired) electrons. The molecule has 0 amide bonds. The van der Waals surface area contributed by atoms with Crippen molar-refractivity contribution in [3.8, 4) is 0 Å². The summed E-state index contributed by atoms with van der Waals surface area (Å²) in [7, 11) is 0. The summed E-state index contributed by atoms with van der Waals surface area (Å²) in [6.07, 6.45) is 10.8. The van der Waals surface area contributed by atoms with Crippen LogP contribution in [0, 0.1) is 6.92 Å². The van der Waals surface area contributed by atoms with Gasteiger partial charge in [0.1, 0.15) is 11.9 Å². The lowest BCUT2D eigenvalue weighted by Gasteiger charge is -2.24. The first-order valence-corrected chi connectivity index (χ1v) is 12.9. The Labute approximate surface area is 218 Å². The Hall–Kier alpha value is -4.18. The maximum Gasteiger partial charge on any atom is 0.343 e. The molecule has 4 heteroatoms. The number of carbonyl (C=O) groups excluding carboxylic acids is 1. The van der Waals surface area contributed by atoms with E-state index in [1.54, 1.807) is 12.1 Å². The predicted molar refractivity (Wildman–Crippen MR) is 156 cm³/mol. The van der Waals surface area contributed by atoms with Crippen molar-refractivity contribution in [2.24, 2.45) is 0 Å². The zero-order valence-electron chi connectivity index (χ0n) is 21.7. The highest BCUT2D eigenvalue weighted by Crippen LogP contribution is 2.26. The number of aldehydes is 1. The molecule has 1 aromatic heterocycles. The van der Waals surface area contributed by atoms with Crippen LogP contribution in [0.15, 0.2) is 75.9 Å². The molecule has 4 nitrogen and oxygen atoms in total. The largest absolute Gasteiger partial charge is 0.422 e. The fourth-order valence-corrected chi connectivity index (χ4v) is 4.43. The maximum atomic E-state index is 12.9. The van der Waals surface area contributed by atoms with Crippen molar-refractivity contribution < 1.29 is 9.21 Å². The summed E-state index contributed by atoms with van der Waals surface area (Å²) in [5.74, 6) is 0. The standard InChI is InChI=1S/C33H33NO3/c1-4-20-34(21-5-2)29-17-19-30-24(3)31(33(36)37-32(30)22-29)18-16-27-10-8-25(9-11-27)6-7-26-12-14-28(23-35)15-13-26/h6-19,22-23H,4-5,20-21H2,1-3H3/b7-6+,18-16+. The fourth-order valence-electron chi connectivity index (χ4n) is 4.43. The van der Waals surface area contributed by atoms with Gasteiger partial charge >= 0.3 is 5.63 Å². The quantitative estimate of drug-likeness (QED) is 0.129. The number of benzene rings is 3. The summed E-state index contributed by atoms with van der Waals surface area (Å²) in [6, 6.07) is 21.7. The Morgan fingerprint density at radius 1 is 0.730 bits per heavy atom. The summed E-state index contributed by atoms with van der Waals surface area (Å²) in [5, 5.41) is 0.956. The van der Waals surface area contributed by atoms with E-state index in [-0.39, 0.29) is 5.63 Å². The Morgan fingerprint density at radius 2 is 1.24 bits per heavy atom. The van der Waals surface area contributed by atoms with E-state index < -0.39 is 0 Å². The molecule has 0 N–H and O–H groups in total. The summed E-state index contributed by atoms with van der Waals surface area (Å²) < 4.78 is 5.75. The SMILES string of the molecule is CCCN(CCC)c1ccc2c(C)c(/C=C/c3ccc(/C=C/c4ccc(C=O)cc4)cc3)c(=O)oc2c1. The second-order valence-electron chi connectivity index (χ2n) is 9.21. The Kier molecular flexibility index (Phi) is 8.52. The molecule has 0 bridgehead atoms. The molecule has 0 aliphatic rings. The third kappa shape index (κ3) is 6.34. The second kappa shape index (κ2) is 12.2. The molecule has 0 spiro atoms. The van der Waals surface area contributed by atoms with Gasteiger partial charge in [-0.2, -0.15) is 0 Å². The van der Waals surface area contributed by atoms with E-state index in [0.29, 0.717) is 16.7 Å². The number of hydrogen-bond acceptors (Lipinski definition) is 4. The van der Waals surface area contributed by atoms with Crippen LogP contribution in [0.25, 0.3) is 35.3 Å². The number of hydrogen-bond donors (Lipinski definition) is 0. The van der Waals surface area contributed by atoms with E-state index in [4.69, 9.17) is 4.42 Å². The summed E-state index contributed by atoms with van der Waals surface area (Å²) in [6.45, 7) is 8.28. The van der Waals surface area contributed by atoms with E-state index in [1.807, 2.05) is 73.7 Å². The minimum Gasteiger partial charge on any atom is -0.422 e. The van der Waals surface area contributed by atoms with Gasteiger partial charge in [0.2, 0.25) is 0 Å². The van der Waals surface area contributed by atoms with Crippen molar-refractivity contribution in [2.45, 2.75) is 33.6 Å². The summed E-state index contributed by atoms with van der Waals surface area (Å²) in [4.78, 5) is 26.0. The van der Waals surface area contributed by atoms with Gasteiger partial charge < -0.3 is 9.32 Å². The molecule has 0 saturated heterocycles. The molecular weight excluding hydrogens is 458 g/mol. The lowest BCUT2D eigenvalue weighted by Crippen LogP contribution is -2.24. The van der Waals surface area contributed by atoms with E-state index in [1.165, 1.54) is 0 Å². The number of carbonyl (C=O) groups is 1. The first-order chi connectivity index (χ1) is 18.0. The summed E-state index contributed by atoms with van der Waals surface area (Å²) >= 11 is 0. The maximum absolute atomic E-state index is 12.9. The van der Waals surface area contributed by atoms with Crippen molar-refractivity contribution in [2.75, 3.05) is 18.0 Å². The Morgan fingerprint density at radius 3 is 1.76 bits per heavy atom. The molecule has 0 aliphatic heterocycles. The van der Waals surface area contributed by atoms with Crippen LogP contribution in [0.1, 0.15) is 64.9 Å². The fraction of sp³-hybridized carbons (Fsp3) is 0.212. The molecule has 0 aliphatic carbocycles. The molecule has 4 rings (SSSR count). The van der Waals surface area contributed by atoms with E-state index in [0.717, 1.165) is 65.5 Å². The van der Waals surface area contributed by atoms with Gasteiger partial charge in [-0.1, -0.05) is 80.6 Å². The molecule has 3 aromatic carbocycles. The number of rotatable bonds is 10. The van der Waals surface area contributed by atoms with E-state index in [9.17, 15) is 9.59 Å². The molecule has 0 saturated carbocycles. The average Bonchev–Trinajstić information content (AvgIpc) is 2.92. The van der Waals surface area contributed by atoms with Crippen LogP contribution < -0.4 is 10.5 Å². The zero-order valence-corrected chi connectivity index (χ0v) is 21.7. The Balaban J connectivity index is 1.53. The van der Waals surface area contributed by atoms with Gasteiger partial charge in [-0.15, -0.1) is 0 Å². The normalized spacial score (nSPS) is 11.5. The highest BCUT2D eigenvalue weighted by atomic mass is 16.4. The van der Waals surface area contributed by atoms with Gasteiger partial charge in [-0.3, -0.25) is 4.79 Å². The highest BCUT2D eigenvalue weighted by Gasteiger charge is 2.12. The molecule has 0 unspecified atom stereocenters. The third-order valence-corrected chi connectivity index (χ3v) is 6.47.